The Morgan fingerprint density at radius 2 is 2.26 bits per heavy atom. The van der Waals surface area contributed by atoms with E-state index in [0.29, 0.717) is 24.8 Å². The van der Waals surface area contributed by atoms with Crippen LogP contribution in [0.1, 0.15) is 34.7 Å². The fraction of sp³-hybridized carbons (Fsp3) is 0.500. The van der Waals surface area contributed by atoms with Gasteiger partial charge in [-0.25, -0.2) is 4.98 Å². The Hall–Kier alpha value is -2.38. The zero-order chi connectivity index (χ0) is 18.7. The summed E-state index contributed by atoms with van der Waals surface area (Å²) in [5, 5.41) is 2.94. The molecule has 2 saturated heterocycles. The van der Waals surface area contributed by atoms with Gasteiger partial charge in [0, 0.05) is 44.3 Å². The molecule has 0 unspecified atom stereocenters. The summed E-state index contributed by atoms with van der Waals surface area (Å²) in [4.78, 5) is 27.0. The van der Waals surface area contributed by atoms with Gasteiger partial charge in [-0.3, -0.25) is 19.7 Å². The second-order valence-corrected chi connectivity index (χ2v) is 7.61. The second kappa shape index (κ2) is 7.70. The van der Waals surface area contributed by atoms with E-state index in [1.54, 1.807) is 6.20 Å². The molecule has 142 valence electrons. The standard InChI is InChI=1S/C20H25N5O2/c1-15-3-2-4-17(24-15)11-25-13-20(14-25)6-5-16(12-27-20)9-23-19(26)18-10-21-7-8-22-18/h2-4,7-8,10,16H,5-6,9,11-14H2,1H3,(H,23,26)/t16-/m0/s1. The van der Waals surface area contributed by atoms with Gasteiger partial charge in [0.25, 0.3) is 5.91 Å². The van der Waals surface area contributed by atoms with Gasteiger partial charge >= 0.3 is 0 Å². The molecule has 2 aliphatic rings. The van der Waals surface area contributed by atoms with Crippen molar-refractivity contribution in [3.05, 3.63) is 53.9 Å². The van der Waals surface area contributed by atoms with Gasteiger partial charge in [0.1, 0.15) is 5.69 Å². The quantitative estimate of drug-likeness (QED) is 0.864. The number of nitrogens with one attached hydrogen (secondary N) is 1. The number of likely N-dealkylation sites (tertiary alicyclic amines) is 1. The summed E-state index contributed by atoms with van der Waals surface area (Å²) in [5.74, 6) is 0.174. The van der Waals surface area contributed by atoms with Gasteiger partial charge in [-0.1, -0.05) is 6.07 Å². The molecule has 2 aromatic heterocycles. The Labute approximate surface area is 159 Å². The highest BCUT2D eigenvalue weighted by Gasteiger charge is 2.46. The van der Waals surface area contributed by atoms with Crippen LogP contribution in [0.4, 0.5) is 0 Å². The SMILES string of the molecule is Cc1cccc(CN2CC3(CC[C@@H](CNC(=O)c4cnccn4)CO3)C2)n1. The van der Waals surface area contributed by atoms with Gasteiger partial charge < -0.3 is 10.1 Å². The molecule has 1 spiro atoms. The minimum Gasteiger partial charge on any atom is -0.372 e. The highest BCUT2D eigenvalue weighted by Crippen LogP contribution is 2.36. The van der Waals surface area contributed by atoms with Crippen LogP contribution in [0, 0.1) is 12.8 Å². The molecule has 0 saturated carbocycles. The van der Waals surface area contributed by atoms with Crippen molar-refractivity contribution in [2.45, 2.75) is 31.9 Å². The maximum atomic E-state index is 12.1. The number of carbonyl (C=O) groups excluding carboxylic acids is 1. The Kier molecular flexibility index (Phi) is 5.13. The summed E-state index contributed by atoms with van der Waals surface area (Å²) in [6, 6.07) is 6.16. The van der Waals surface area contributed by atoms with Gasteiger partial charge in [0.05, 0.1) is 24.1 Å². The normalized spacial score (nSPS) is 21.6. The van der Waals surface area contributed by atoms with Gasteiger partial charge in [-0.05, 0) is 37.8 Å². The van der Waals surface area contributed by atoms with Crippen molar-refractivity contribution in [2.75, 3.05) is 26.2 Å². The lowest BCUT2D eigenvalue weighted by atomic mass is 9.83. The first-order valence-corrected chi connectivity index (χ1v) is 9.45. The Bertz CT molecular complexity index is 782. The van der Waals surface area contributed by atoms with Crippen molar-refractivity contribution < 1.29 is 9.53 Å². The third-order valence-corrected chi connectivity index (χ3v) is 5.34. The monoisotopic (exact) mass is 367 g/mol. The predicted molar refractivity (Wildman–Crippen MR) is 100 cm³/mol. The molecule has 2 aliphatic heterocycles. The molecule has 7 heteroatoms. The largest absolute Gasteiger partial charge is 0.372 e. The van der Waals surface area contributed by atoms with Gasteiger partial charge in [-0.2, -0.15) is 0 Å². The molecular weight excluding hydrogens is 342 g/mol. The van der Waals surface area contributed by atoms with E-state index in [0.717, 1.165) is 43.9 Å². The average molecular weight is 367 g/mol. The number of aryl methyl sites for hydroxylation is 1. The first kappa shape index (κ1) is 18.0. The minimum atomic E-state index is -0.177. The molecule has 27 heavy (non-hydrogen) atoms. The van der Waals surface area contributed by atoms with E-state index in [4.69, 9.17) is 4.74 Å². The maximum absolute atomic E-state index is 12.1. The fourth-order valence-corrected chi connectivity index (χ4v) is 3.87. The summed E-state index contributed by atoms with van der Waals surface area (Å²) in [5.41, 5.74) is 2.52. The van der Waals surface area contributed by atoms with Crippen LogP contribution in [0.25, 0.3) is 0 Å². The lowest BCUT2D eigenvalue weighted by Crippen LogP contribution is -2.64. The summed E-state index contributed by atoms with van der Waals surface area (Å²) in [6.07, 6.45) is 6.67. The van der Waals surface area contributed by atoms with Gasteiger partial charge in [0.15, 0.2) is 0 Å². The van der Waals surface area contributed by atoms with Crippen LogP contribution < -0.4 is 5.32 Å². The van der Waals surface area contributed by atoms with Crippen molar-refractivity contribution >= 4 is 5.91 Å². The lowest BCUT2D eigenvalue weighted by molar-refractivity contribution is -0.181. The van der Waals surface area contributed by atoms with Crippen molar-refractivity contribution in [1.29, 1.82) is 0 Å². The van der Waals surface area contributed by atoms with Gasteiger partial charge in [-0.15, -0.1) is 0 Å². The summed E-state index contributed by atoms with van der Waals surface area (Å²) >= 11 is 0. The third kappa shape index (κ3) is 4.31. The molecule has 1 amide bonds. The molecule has 1 atom stereocenters. The molecule has 4 rings (SSSR count). The van der Waals surface area contributed by atoms with Crippen LogP contribution in [0.3, 0.4) is 0 Å². The topological polar surface area (TPSA) is 80.2 Å². The van der Waals surface area contributed by atoms with E-state index in [-0.39, 0.29) is 11.5 Å². The van der Waals surface area contributed by atoms with E-state index >= 15 is 0 Å². The first-order valence-electron chi connectivity index (χ1n) is 9.45. The number of aromatic nitrogens is 3. The Morgan fingerprint density at radius 1 is 1.37 bits per heavy atom. The lowest BCUT2D eigenvalue weighted by Gasteiger charge is -2.52. The van der Waals surface area contributed by atoms with E-state index in [2.05, 4.69) is 37.3 Å². The zero-order valence-corrected chi connectivity index (χ0v) is 15.6. The van der Waals surface area contributed by atoms with Crippen molar-refractivity contribution in [1.82, 2.24) is 25.2 Å². The van der Waals surface area contributed by atoms with E-state index in [9.17, 15) is 4.79 Å². The van der Waals surface area contributed by atoms with Crippen molar-refractivity contribution in [3.8, 4) is 0 Å². The molecule has 2 aromatic rings. The molecule has 0 aliphatic carbocycles. The molecule has 2 fully saturated rings. The summed E-state index contributed by atoms with van der Waals surface area (Å²) in [7, 11) is 0. The van der Waals surface area contributed by atoms with Crippen LogP contribution >= 0.6 is 0 Å². The van der Waals surface area contributed by atoms with Crippen molar-refractivity contribution in [3.63, 3.8) is 0 Å². The maximum Gasteiger partial charge on any atom is 0.271 e. The average Bonchev–Trinajstić information content (AvgIpc) is 2.67. The van der Waals surface area contributed by atoms with E-state index in [1.165, 1.54) is 12.4 Å². The molecule has 4 heterocycles. The second-order valence-electron chi connectivity index (χ2n) is 7.61. The van der Waals surface area contributed by atoms with Crippen LogP contribution in [-0.4, -0.2) is 57.6 Å². The molecule has 0 radical (unpaired) electrons. The zero-order valence-electron chi connectivity index (χ0n) is 15.6. The number of carbonyl (C=O) groups is 1. The molecular formula is C20H25N5O2. The number of amides is 1. The van der Waals surface area contributed by atoms with E-state index in [1.807, 2.05) is 13.0 Å². The number of hydrogen-bond donors (Lipinski definition) is 1. The molecule has 0 bridgehead atoms. The number of ether oxygens (including phenoxy) is 1. The van der Waals surface area contributed by atoms with E-state index < -0.39 is 0 Å². The number of hydrogen-bond acceptors (Lipinski definition) is 6. The van der Waals surface area contributed by atoms with Gasteiger partial charge in [0.2, 0.25) is 0 Å². The smallest absolute Gasteiger partial charge is 0.271 e. The number of nitrogens with zero attached hydrogens (tertiary/aromatic N) is 4. The predicted octanol–water partition coefficient (Wildman–Crippen LogP) is 1.59. The van der Waals surface area contributed by atoms with Crippen LogP contribution in [0.5, 0.6) is 0 Å². The van der Waals surface area contributed by atoms with Crippen LogP contribution in [-0.2, 0) is 11.3 Å². The minimum absolute atomic E-state index is 0.00472. The third-order valence-electron chi connectivity index (χ3n) is 5.34. The molecule has 7 nitrogen and oxygen atoms in total. The molecule has 1 N–H and O–H groups in total. The fourth-order valence-electron chi connectivity index (χ4n) is 3.87. The Balaban J connectivity index is 1.19. The number of pyridine rings is 1. The van der Waals surface area contributed by atoms with Crippen LogP contribution in [0.15, 0.2) is 36.8 Å². The summed E-state index contributed by atoms with van der Waals surface area (Å²) in [6.45, 7) is 6.13. The highest BCUT2D eigenvalue weighted by molar-refractivity contribution is 5.91. The van der Waals surface area contributed by atoms with Crippen molar-refractivity contribution in [2.24, 2.45) is 5.92 Å². The highest BCUT2D eigenvalue weighted by atomic mass is 16.5. The first-order chi connectivity index (χ1) is 13.1. The molecule has 0 aromatic carbocycles. The number of rotatable bonds is 5. The Morgan fingerprint density at radius 3 is 2.96 bits per heavy atom. The van der Waals surface area contributed by atoms with Crippen LogP contribution in [0.2, 0.25) is 0 Å². The summed E-state index contributed by atoms with van der Waals surface area (Å²) < 4.78 is 6.20.